The summed E-state index contributed by atoms with van der Waals surface area (Å²) in [5, 5.41) is 13.1. The van der Waals surface area contributed by atoms with Crippen LogP contribution in [0.5, 0.6) is 0 Å². The van der Waals surface area contributed by atoms with Crippen LogP contribution in [-0.4, -0.2) is 33.3 Å². The minimum atomic E-state index is -0.0976. The highest BCUT2D eigenvalue weighted by Crippen LogP contribution is 2.38. The molecule has 6 heteroatoms. The van der Waals surface area contributed by atoms with Gasteiger partial charge in [0.1, 0.15) is 11.8 Å². The minimum absolute atomic E-state index is 0.0357. The quantitative estimate of drug-likeness (QED) is 0.834. The van der Waals surface area contributed by atoms with Crippen molar-refractivity contribution in [1.29, 1.82) is 0 Å². The van der Waals surface area contributed by atoms with Crippen molar-refractivity contribution in [2.75, 3.05) is 13.2 Å². The van der Waals surface area contributed by atoms with Crippen molar-refractivity contribution < 1.29 is 9.52 Å². The molecule has 1 saturated heterocycles. The molecule has 1 fully saturated rings. The van der Waals surface area contributed by atoms with E-state index in [0.29, 0.717) is 11.7 Å². The van der Waals surface area contributed by atoms with Crippen molar-refractivity contribution in [3.63, 3.8) is 0 Å². The summed E-state index contributed by atoms with van der Waals surface area (Å²) >= 11 is 5.37. The monoisotopic (exact) mass is 289 g/mol. The van der Waals surface area contributed by atoms with Gasteiger partial charge in [-0.25, -0.2) is 0 Å². The maximum atomic E-state index is 9.24. The third-order valence-electron chi connectivity index (χ3n) is 3.37. The van der Waals surface area contributed by atoms with Gasteiger partial charge in [0.25, 0.3) is 0 Å². The van der Waals surface area contributed by atoms with Crippen LogP contribution in [0.15, 0.2) is 47.2 Å². The summed E-state index contributed by atoms with van der Waals surface area (Å²) in [6, 6.07) is 9.37. The molecule has 3 heterocycles. The van der Waals surface area contributed by atoms with E-state index < -0.39 is 0 Å². The fraction of sp³-hybridized carbons (Fsp3) is 0.286. The molecule has 20 heavy (non-hydrogen) atoms. The molecule has 0 spiro atoms. The van der Waals surface area contributed by atoms with Crippen LogP contribution in [0, 0.1) is 0 Å². The Kier molecular flexibility index (Phi) is 3.66. The Labute approximate surface area is 122 Å². The Morgan fingerprint density at radius 1 is 1.35 bits per heavy atom. The number of furan rings is 1. The van der Waals surface area contributed by atoms with E-state index in [2.05, 4.69) is 10.3 Å². The first-order valence-electron chi connectivity index (χ1n) is 6.43. The summed E-state index contributed by atoms with van der Waals surface area (Å²) in [5.74, 6) is 0.807. The summed E-state index contributed by atoms with van der Waals surface area (Å²) in [4.78, 5) is 6.33. The highest BCUT2D eigenvalue weighted by atomic mass is 32.1. The molecule has 2 aromatic rings. The summed E-state index contributed by atoms with van der Waals surface area (Å²) in [6.45, 7) is 0.495. The number of nitrogens with zero attached hydrogens (tertiary/aromatic N) is 2. The van der Waals surface area contributed by atoms with Gasteiger partial charge in [-0.1, -0.05) is 6.07 Å². The van der Waals surface area contributed by atoms with E-state index in [-0.39, 0.29) is 18.7 Å². The lowest BCUT2D eigenvalue weighted by molar-refractivity contribution is 0.208. The Hall–Kier alpha value is -1.92. The minimum Gasteiger partial charge on any atom is -0.467 e. The van der Waals surface area contributed by atoms with E-state index in [9.17, 15) is 5.11 Å². The van der Waals surface area contributed by atoms with Gasteiger partial charge in [0.05, 0.1) is 24.6 Å². The highest BCUT2D eigenvalue weighted by Gasteiger charge is 2.40. The summed E-state index contributed by atoms with van der Waals surface area (Å²) in [6.07, 6.45) is 3.40. The van der Waals surface area contributed by atoms with Gasteiger partial charge in [-0.3, -0.25) is 4.98 Å². The third kappa shape index (κ3) is 2.28. The van der Waals surface area contributed by atoms with Crippen molar-refractivity contribution in [2.24, 2.45) is 0 Å². The van der Waals surface area contributed by atoms with Gasteiger partial charge in [-0.15, -0.1) is 0 Å². The van der Waals surface area contributed by atoms with Crippen molar-refractivity contribution in [2.45, 2.75) is 12.1 Å². The van der Waals surface area contributed by atoms with Crippen LogP contribution in [0.25, 0.3) is 0 Å². The molecule has 0 saturated carbocycles. The van der Waals surface area contributed by atoms with Crippen LogP contribution >= 0.6 is 12.2 Å². The number of hydrogen-bond donors (Lipinski definition) is 2. The number of rotatable bonds is 4. The molecule has 3 rings (SSSR count). The van der Waals surface area contributed by atoms with Gasteiger partial charge < -0.3 is 19.7 Å². The number of aromatic nitrogens is 1. The predicted octanol–water partition coefficient (Wildman–Crippen LogP) is 1.64. The Morgan fingerprint density at radius 2 is 2.25 bits per heavy atom. The number of nitrogens with one attached hydrogen (secondary N) is 1. The molecule has 1 aliphatic rings. The lowest BCUT2D eigenvalue weighted by Gasteiger charge is -2.25. The number of β-amino-alcohol motifs (C(OH)–C–C–N with tert-alkyl or cyclic N) is 1. The summed E-state index contributed by atoms with van der Waals surface area (Å²) in [5.41, 5.74) is 0.900. The smallest absolute Gasteiger partial charge is 0.170 e. The Bertz CT molecular complexity index is 573. The molecule has 2 aromatic heterocycles. The second kappa shape index (κ2) is 5.60. The van der Waals surface area contributed by atoms with E-state index >= 15 is 0 Å². The zero-order chi connectivity index (χ0) is 13.9. The van der Waals surface area contributed by atoms with Crippen LogP contribution in [0.2, 0.25) is 0 Å². The topological polar surface area (TPSA) is 61.5 Å². The van der Waals surface area contributed by atoms with Gasteiger partial charge >= 0.3 is 0 Å². The average molecular weight is 289 g/mol. The zero-order valence-corrected chi connectivity index (χ0v) is 11.6. The second-order valence-corrected chi connectivity index (χ2v) is 4.95. The van der Waals surface area contributed by atoms with Gasteiger partial charge in [0, 0.05) is 12.7 Å². The number of pyridine rings is 1. The first-order chi connectivity index (χ1) is 9.81. The van der Waals surface area contributed by atoms with E-state index in [4.69, 9.17) is 16.6 Å². The molecular weight excluding hydrogens is 274 g/mol. The van der Waals surface area contributed by atoms with Crippen LogP contribution in [0.1, 0.15) is 23.5 Å². The number of thiocarbonyl (C=S) groups is 1. The maximum absolute atomic E-state index is 9.24. The fourth-order valence-electron chi connectivity index (χ4n) is 2.52. The highest BCUT2D eigenvalue weighted by molar-refractivity contribution is 7.80. The molecule has 2 atom stereocenters. The lowest BCUT2D eigenvalue weighted by Crippen LogP contribution is -2.32. The lowest BCUT2D eigenvalue weighted by atomic mass is 10.0. The van der Waals surface area contributed by atoms with E-state index in [0.717, 1.165) is 11.5 Å². The molecule has 104 valence electrons. The second-order valence-electron chi connectivity index (χ2n) is 4.56. The molecule has 0 amide bonds. The van der Waals surface area contributed by atoms with Crippen LogP contribution in [0.4, 0.5) is 0 Å². The standard InChI is InChI=1S/C14H15N3O2S/c18-8-7-17-13(11-5-3-9-19-11)12(16-14(17)20)10-4-1-2-6-15-10/h1-6,9,12-13,18H,7-8H2,(H,16,20)/t12-,13+/m1/s1. The SMILES string of the molecule is OCCN1C(=S)N[C@H](c2ccccn2)[C@@H]1c1ccco1. The summed E-state index contributed by atoms with van der Waals surface area (Å²) < 4.78 is 5.54. The Balaban J connectivity index is 1.99. The zero-order valence-electron chi connectivity index (χ0n) is 10.8. The van der Waals surface area contributed by atoms with Crippen molar-refractivity contribution >= 4 is 17.3 Å². The van der Waals surface area contributed by atoms with Crippen LogP contribution in [0.3, 0.4) is 0 Å². The predicted molar refractivity (Wildman–Crippen MR) is 78.0 cm³/mol. The van der Waals surface area contributed by atoms with E-state index in [1.54, 1.807) is 12.5 Å². The molecule has 0 bridgehead atoms. The average Bonchev–Trinajstić information content (AvgIpc) is 3.09. The van der Waals surface area contributed by atoms with Gasteiger partial charge in [0.15, 0.2) is 5.11 Å². The van der Waals surface area contributed by atoms with Crippen molar-refractivity contribution in [3.8, 4) is 0 Å². The molecule has 0 aromatic carbocycles. The Morgan fingerprint density at radius 3 is 2.90 bits per heavy atom. The molecule has 0 radical (unpaired) electrons. The largest absolute Gasteiger partial charge is 0.467 e. The molecule has 0 unspecified atom stereocenters. The third-order valence-corrected chi connectivity index (χ3v) is 3.73. The number of aliphatic hydroxyl groups excluding tert-OH is 1. The van der Waals surface area contributed by atoms with Crippen molar-refractivity contribution in [1.82, 2.24) is 15.2 Å². The van der Waals surface area contributed by atoms with E-state index in [1.165, 1.54) is 0 Å². The van der Waals surface area contributed by atoms with E-state index in [1.807, 2.05) is 35.2 Å². The molecule has 0 aliphatic carbocycles. The van der Waals surface area contributed by atoms with Gasteiger partial charge in [0.2, 0.25) is 0 Å². The first kappa shape index (κ1) is 13.1. The fourth-order valence-corrected chi connectivity index (χ4v) is 2.85. The normalized spacial score (nSPS) is 22.1. The van der Waals surface area contributed by atoms with Gasteiger partial charge in [-0.05, 0) is 36.5 Å². The maximum Gasteiger partial charge on any atom is 0.170 e. The number of hydrogen-bond acceptors (Lipinski definition) is 4. The van der Waals surface area contributed by atoms with Gasteiger partial charge in [-0.2, -0.15) is 0 Å². The number of aliphatic hydroxyl groups is 1. The first-order valence-corrected chi connectivity index (χ1v) is 6.84. The molecular formula is C14H15N3O2S. The molecule has 5 nitrogen and oxygen atoms in total. The molecule has 2 N–H and O–H groups in total. The molecule has 1 aliphatic heterocycles. The van der Waals surface area contributed by atoms with Crippen molar-refractivity contribution in [3.05, 3.63) is 54.2 Å². The summed E-state index contributed by atoms with van der Waals surface area (Å²) in [7, 11) is 0. The van der Waals surface area contributed by atoms with Crippen LogP contribution < -0.4 is 5.32 Å². The van der Waals surface area contributed by atoms with Crippen LogP contribution in [-0.2, 0) is 0 Å².